The smallest absolute Gasteiger partial charge is 0.254 e. The van der Waals surface area contributed by atoms with Crippen molar-refractivity contribution in [1.29, 1.82) is 0 Å². The highest BCUT2D eigenvalue weighted by Crippen LogP contribution is 2.37. The van der Waals surface area contributed by atoms with Crippen molar-refractivity contribution in [2.75, 3.05) is 19.0 Å². The average Bonchev–Trinajstić information content (AvgIpc) is 3.15. The lowest BCUT2D eigenvalue weighted by Gasteiger charge is -2.21. The van der Waals surface area contributed by atoms with Crippen LogP contribution in [0.5, 0.6) is 5.75 Å². The van der Waals surface area contributed by atoms with Gasteiger partial charge in [-0.2, -0.15) is 0 Å². The molecule has 0 aliphatic carbocycles. The normalized spacial score (nSPS) is 14.2. The fourth-order valence-corrected chi connectivity index (χ4v) is 4.28. The Balaban J connectivity index is 1.68. The molecular formula is C27H30F2N4O2. The molecule has 1 N–H and O–H groups in total. The van der Waals surface area contributed by atoms with Gasteiger partial charge in [0, 0.05) is 51.7 Å². The van der Waals surface area contributed by atoms with E-state index >= 15 is 8.78 Å². The van der Waals surface area contributed by atoms with E-state index in [1.807, 2.05) is 27.7 Å². The van der Waals surface area contributed by atoms with Gasteiger partial charge in [-0.15, -0.1) is 0 Å². The molecule has 4 rings (SSSR count). The van der Waals surface area contributed by atoms with Crippen molar-refractivity contribution in [1.82, 2.24) is 14.9 Å². The largest absolute Gasteiger partial charge is 0.494 e. The van der Waals surface area contributed by atoms with Gasteiger partial charge in [0.15, 0.2) is 0 Å². The molecular weight excluding hydrogens is 450 g/mol. The van der Waals surface area contributed by atoms with Crippen LogP contribution in [0.2, 0.25) is 0 Å². The summed E-state index contributed by atoms with van der Waals surface area (Å²) in [4.78, 5) is 23.0. The van der Waals surface area contributed by atoms with Gasteiger partial charge in [0.05, 0.1) is 25.9 Å². The van der Waals surface area contributed by atoms with Crippen LogP contribution < -0.4 is 10.1 Å². The SMILES string of the molecule is CCN1Cc2c(ccnc2N[C@@H](C)c2cc(F)c(-c3cc(C(C)(C)C)ncc3OC)cc2F)C1=O. The fourth-order valence-electron chi connectivity index (χ4n) is 4.28. The maximum Gasteiger partial charge on any atom is 0.254 e. The minimum absolute atomic E-state index is 0.0527. The van der Waals surface area contributed by atoms with E-state index in [1.54, 1.807) is 30.2 Å². The number of methoxy groups -OCH3 is 1. The highest BCUT2D eigenvalue weighted by molar-refractivity contribution is 5.99. The maximum absolute atomic E-state index is 15.4. The van der Waals surface area contributed by atoms with Crippen molar-refractivity contribution in [2.45, 2.75) is 52.6 Å². The monoisotopic (exact) mass is 480 g/mol. The Kier molecular flexibility index (Phi) is 6.49. The molecule has 0 radical (unpaired) electrons. The molecule has 3 aromatic rings. The summed E-state index contributed by atoms with van der Waals surface area (Å²) >= 11 is 0. The number of hydrogen-bond acceptors (Lipinski definition) is 5. The number of nitrogens with zero attached hydrogens (tertiary/aromatic N) is 3. The number of hydrogen-bond donors (Lipinski definition) is 1. The Morgan fingerprint density at radius 1 is 1.11 bits per heavy atom. The summed E-state index contributed by atoms with van der Waals surface area (Å²) in [6.45, 7) is 10.7. The van der Waals surface area contributed by atoms with E-state index in [1.165, 1.54) is 25.4 Å². The van der Waals surface area contributed by atoms with Crippen LogP contribution >= 0.6 is 0 Å². The van der Waals surface area contributed by atoms with Crippen LogP contribution in [0.3, 0.4) is 0 Å². The number of benzene rings is 1. The van der Waals surface area contributed by atoms with Gasteiger partial charge in [-0.1, -0.05) is 20.8 Å². The zero-order chi connectivity index (χ0) is 25.5. The third-order valence-corrected chi connectivity index (χ3v) is 6.36. The van der Waals surface area contributed by atoms with E-state index in [4.69, 9.17) is 4.74 Å². The summed E-state index contributed by atoms with van der Waals surface area (Å²) in [5.41, 5.74) is 2.52. The Morgan fingerprint density at radius 2 is 1.86 bits per heavy atom. The van der Waals surface area contributed by atoms with Crippen molar-refractivity contribution in [3.8, 4) is 16.9 Å². The lowest BCUT2D eigenvalue weighted by atomic mass is 9.89. The van der Waals surface area contributed by atoms with Gasteiger partial charge in [-0.05, 0) is 38.1 Å². The summed E-state index contributed by atoms with van der Waals surface area (Å²) in [6, 6.07) is 5.23. The van der Waals surface area contributed by atoms with Gasteiger partial charge in [0.1, 0.15) is 23.2 Å². The van der Waals surface area contributed by atoms with Gasteiger partial charge in [0.2, 0.25) is 0 Å². The van der Waals surface area contributed by atoms with E-state index in [2.05, 4.69) is 15.3 Å². The molecule has 184 valence electrons. The Labute approximate surface area is 204 Å². The molecule has 0 spiro atoms. The summed E-state index contributed by atoms with van der Waals surface area (Å²) in [5, 5.41) is 3.17. The van der Waals surface area contributed by atoms with Crippen LogP contribution in [0.15, 0.2) is 36.7 Å². The number of carbonyl (C=O) groups is 1. The Morgan fingerprint density at radius 3 is 2.51 bits per heavy atom. The fraction of sp³-hybridized carbons (Fsp3) is 0.370. The van der Waals surface area contributed by atoms with E-state index in [0.29, 0.717) is 35.8 Å². The summed E-state index contributed by atoms with van der Waals surface area (Å²) in [6.07, 6.45) is 3.08. The maximum atomic E-state index is 15.4. The van der Waals surface area contributed by atoms with Crippen LogP contribution in [0.4, 0.5) is 14.6 Å². The average molecular weight is 481 g/mol. The molecule has 2 aromatic heterocycles. The predicted octanol–water partition coefficient (Wildman–Crippen LogP) is 5.88. The van der Waals surface area contributed by atoms with Crippen molar-refractivity contribution >= 4 is 11.7 Å². The molecule has 1 atom stereocenters. The molecule has 6 nitrogen and oxygen atoms in total. The molecule has 35 heavy (non-hydrogen) atoms. The minimum Gasteiger partial charge on any atom is -0.494 e. The lowest BCUT2D eigenvalue weighted by Crippen LogP contribution is -2.22. The molecule has 0 unspecified atom stereocenters. The van der Waals surface area contributed by atoms with Crippen molar-refractivity contribution in [3.05, 3.63) is 70.7 Å². The van der Waals surface area contributed by atoms with E-state index in [9.17, 15) is 4.79 Å². The first-order chi connectivity index (χ1) is 16.5. The molecule has 1 aliphatic heterocycles. The molecule has 0 saturated heterocycles. The van der Waals surface area contributed by atoms with Crippen LogP contribution in [0, 0.1) is 11.6 Å². The van der Waals surface area contributed by atoms with E-state index in [0.717, 1.165) is 11.3 Å². The number of aromatic nitrogens is 2. The third-order valence-electron chi connectivity index (χ3n) is 6.36. The van der Waals surface area contributed by atoms with Crippen LogP contribution in [0.1, 0.15) is 67.8 Å². The first kappa shape index (κ1) is 24.6. The topological polar surface area (TPSA) is 67.3 Å². The summed E-state index contributed by atoms with van der Waals surface area (Å²) in [5.74, 6) is -0.323. The van der Waals surface area contributed by atoms with Crippen molar-refractivity contribution in [3.63, 3.8) is 0 Å². The Hall–Kier alpha value is -3.55. The van der Waals surface area contributed by atoms with Crippen LogP contribution in [-0.2, 0) is 12.0 Å². The number of amides is 1. The second-order valence-corrected chi connectivity index (χ2v) is 9.74. The quantitative estimate of drug-likeness (QED) is 0.477. The number of nitrogens with one attached hydrogen (secondary N) is 1. The number of halogens is 2. The van der Waals surface area contributed by atoms with Crippen molar-refractivity contribution in [2.24, 2.45) is 0 Å². The second-order valence-electron chi connectivity index (χ2n) is 9.74. The standard InChI is InChI=1S/C27H30F2N4O2/c1-7-33-14-20-16(26(33)34)8-9-30-25(20)32-15(2)17-10-22(29)18(11-21(17)28)19-12-24(27(3,4)5)31-13-23(19)35-6/h8-13,15H,7,14H2,1-6H3,(H,30,32)/t15-/m0/s1. The first-order valence-corrected chi connectivity index (χ1v) is 11.6. The van der Waals surface area contributed by atoms with E-state index in [-0.39, 0.29) is 22.4 Å². The summed E-state index contributed by atoms with van der Waals surface area (Å²) < 4.78 is 36.1. The van der Waals surface area contributed by atoms with Crippen molar-refractivity contribution < 1.29 is 18.3 Å². The Bertz CT molecular complexity index is 1290. The number of rotatable bonds is 6. The highest BCUT2D eigenvalue weighted by Gasteiger charge is 2.30. The van der Waals surface area contributed by atoms with Gasteiger partial charge >= 0.3 is 0 Å². The van der Waals surface area contributed by atoms with Gasteiger partial charge in [-0.3, -0.25) is 9.78 Å². The minimum atomic E-state index is -0.590. The molecule has 1 amide bonds. The second kappa shape index (κ2) is 9.24. The third kappa shape index (κ3) is 4.57. The molecule has 8 heteroatoms. The molecule has 0 fully saturated rings. The number of pyridine rings is 2. The van der Waals surface area contributed by atoms with Gasteiger partial charge in [-0.25, -0.2) is 13.8 Å². The zero-order valence-corrected chi connectivity index (χ0v) is 20.9. The molecule has 0 bridgehead atoms. The molecule has 0 saturated carbocycles. The number of anilines is 1. The molecule has 1 aromatic carbocycles. The number of ether oxygens (including phenoxy) is 1. The van der Waals surface area contributed by atoms with Crippen LogP contribution in [-0.4, -0.2) is 34.4 Å². The van der Waals surface area contributed by atoms with Crippen LogP contribution in [0.25, 0.3) is 11.1 Å². The van der Waals surface area contributed by atoms with Gasteiger partial charge in [0.25, 0.3) is 5.91 Å². The van der Waals surface area contributed by atoms with Gasteiger partial charge < -0.3 is 15.0 Å². The molecule has 3 heterocycles. The molecule has 1 aliphatic rings. The predicted molar refractivity (Wildman–Crippen MR) is 132 cm³/mol. The zero-order valence-electron chi connectivity index (χ0n) is 20.9. The first-order valence-electron chi connectivity index (χ1n) is 11.6. The highest BCUT2D eigenvalue weighted by atomic mass is 19.1. The number of carbonyl (C=O) groups excluding carboxylic acids is 1. The van der Waals surface area contributed by atoms with E-state index < -0.39 is 17.7 Å². The summed E-state index contributed by atoms with van der Waals surface area (Å²) in [7, 11) is 1.47. The number of fused-ring (bicyclic) bond motifs is 1. The lowest BCUT2D eigenvalue weighted by molar-refractivity contribution is 0.0787.